The number of hydrogen-bond donors (Lipinski definition) is 2. The lowest BCUT2D eigenvalue weighted by Crippen LogP contribution is -2.35. The van der Waals surface area contributed by atoms with Crippen LogP contribution in [0.2, 0.25) is 0 Å². The SMILES string of the molecule is Cc1ccc(NC(=O)[C@@H]2CCCN2)c(Br)c1. The van der Waals surface area contributed by atoms with Crippen molar-refractivity contribution in [2.24, 2.45) is 0 Å². The smallest absolute Gasteiger partial charge is 0.241 e. The predicted molar refractivity (Wildman–Crippen MR) is 68.5 cm³/mol. The third-order valence-corrected chi connectivity index (χ3v) is 3.42. The zero-order chi connectivity index (χ0) is 11.5. The Bertz CT molecular complexity index is 400. The topological polar surface area (TPSA) is 41.1 Å². The van der Waals surface area contributed by atoms with E-state index in [0.717, 1.165) is 29.5 Å². The van der Waals surface area contributed by atoms with E-state index >= 15 is 0 Å². The maximum atomic E-state index is 11.9. The van der Waals surface area contributed by atoms with E-state index in [4.69, 9.17) is 0 Å². The fraction of sp³-hybridized carbons (Fsp3) is 0.417. The third-order valence-electron chi connectivity index (χ3n) is 2.76. The average molecular weight is 283 g/mol. The van der Waals surface area contributed by atoms with Gasteiger partial charge in [-0.3, -0.25) is 4.79 Å². The van der Waals surface area contributed by atoms with Gasteiger partial charge in [0.25, 0.3) is 0 Å². The van der Waals surface area contributed by atoms with Gasteiger partial charge in [0.05, 0.1) is 11.7 Å². The van der Waals surface area contributed by atoms with Crippen LogP contribution in [-0.4, -0.2) is 18.5 Å². The Labute approximate surface area is 104 Å². The quantitative estimate of drug-likeness (QED) is 0.875. The molecule has 16 heavy (non-hydrogen) atoms. The molecular weight excluding hydrogens is 268 g/mol. The highest BCUT2D eigenvalue weighted by Crippen LogP contribution is 2.23. The highest BCUT2D eigenvalue weighted by atomic mass is 79.9. The second-order valence-electron chi connectivity index (χ2n) is 4.12. The van der Waals surface area contributed by atoms with Crippen LogP contribution in [0.15, 0.2) is 22.7 Å². The summed E-state index contributed by atoms with van der Waals surface area (Å²) in [6.45, 7) is 2.96. The van der Waals surface area contributed by atoms with Gasteiger partial charge in [0.1, 0.15) is 0 Å². The van der Waals surface area contributed by atoms with Crippen LogP contribution in [0.4, 0.5) is 5.69 Å². The standard InChI is InChI=1S/C12H15BrN2O/c1-8-4-5-10(9(13)7-8)15-12(16)11-3-2-6-14-11/h4-5,7,11,14H,2-3,6H2,1H3,(H,15,16)/t11-/m0/s1. The molecule has 86 valence electrons. The highest BCUT2D eigenvalue weighted by Gasteiger charge is 2.22. The molecule has 1 aliphatic rings. The number of hydrogen-bond acceptors (Lipinski definition) is 2. The fourth-order valence-electron chi connectivity index (χ4n) is 1.85. The van der Waals surface area contributed by atoms with Crippen LogP contribution in [0.1, 0.15) is 18.4 Å². The third kappa shape index (κ3) is 2.62. The van der Waals surface area contributed by atoms with E-state index in [1.165, 1.54) is 5.56 Å². The zero-order valence-electron chi connectivity index (χ0n) is 9.22. The molecule has 0 saturated carbocycles. The molecule has 1 aliphatic heterocycles. The van der Waals surface area contributed by atoms with Crippen LogP contribution in [0.3, 0.4) is 0 Å². The van der Waals surface area contributed by atoms with E-state index in [1.807, 2.05) is 25.1 Å². The van der Waals surface area contributed by atoms with E-state index < -0.39 is 0 Å². The Morgan fingerprint density at radius 2 is 2.38 bits per heavy atom. The van der Waals surface area contributed by atoms with Crippen LogP contribution in [0.5, 0.6) is 0 Å². The summed E-state index contributed by atoms with van der Waals surface area (Å²) in [6.07, 6.45) is 2.00. The largest absolute Gasteiger partial charge is 0.324 e. The van der Waals surface area contributed by atoms with Gasteiger partial charge in [-0.15, -0.1) is 0 Å². The van der Waals surface area contributed by atoms with E-state index in [9.17, 15) is 4.79 Å². The van der Waals surface area contributed by atoms with Gasteiger partial charge < -0.3 is 10.6 Å². The Balaban J connectivity index is 2.05. The summed E-state index contributed by atoms with van der Waals surface area (Å²) in [5.74, 6) is 0.0575. The average Bonchev–Trinajstić information content (AvgIpc) is 2.75. The van der Waals surface area contributed by atoms with Crippen LogP contribution in [0.25, 0.3) is 0 Å². The van der Waals surface area contributed by atoms with Crippen molar-refractivity contribution < 1.29 is 4.79 Å². The van der Waals surface area contributed by atoms with Gasteiger partial charge in [-0.1, -0.05) is 6.07 Å². The summed E-state index contributed by atoms with van der Waals surface area (Å²) < 4.78 is 0.929. The first-order valence-corrected chi connectivity index (χ1v) is 6.26. The minimum absolute atomic E-state index is 0.0341. The number of amides is 1. The molecule has 0 aromatic heterocycles. The van der Waals surface area contributed by atoms with Crippen LogP contribution >= 0.6 is 15.9 Å². The minimum Gasteiger partial charge on any atom is -0.324 e. The Kier molecular flexibility index (Phi) is 3.61. The van der Waals surface area contributed by atoms with Crippen molar-refractivity contribution in [2.75, 3.05) is 11.9 Å². The summed E-state index contributed by atoms with van der Waals surface area (Å²) in [5.41, 5.74) is 2.01. The van der Waals surface area contributed by atoms with Crippen molar-refractivity contribution in [2.45, 2.75) is 25.8 Å². The molecule has 2 N–H and O–H groups in total. The summed E-state index contributed by atoms with van der Waals surface area (Å²) in [4.78, 5) is 11.9. The zero-order valence-corrected chi connectivity index (χ0v) is 10.8. The van der Waals surface area contributed by atoms with Gasteiger partial charge in [0, 0.05) is 4.47 Å². The van der Waals surface area contributed by atoms with Gasteiger partial charge in [-0.2, -0.15) is 0 Å². The van der Waals surface area contributed by atoms with Crippen molar-refractivity contribution in [3.8, 4) is 0 Å². The van der Waals surface area contributed by atoms with Gasteiger partial charge in [-0.25, -0.2) is 0 Å². The molecule has 2 rings (SSSR count). The highest BCUT2D eigenvalue weighted by molar-refractivity contribution is 9.10. The van der Waals surface area contributed by atoms with Gasteiger partial charge in [0.15, 0.2) is 0 Å². The van der Waals surface area contributed by atoms with Crippen molar-refractivity contribution in [1.29, 1.82) is 0 Å². The Morgan fingerprint density at radius 1 is 1.56 bits per heavy atom. The van der Waals surface area contributed by atoms with Gasteiger partial charge in [-0.05, 0) is 59.9 Å². The number of carbonyl (C=O) groups excluding carboxylic acids is 1. The van der Waals surface area contributed by atoms with E-state index in [0.29, 0.717) is 0 Å². The van der Waals surface area contributed by atoms with Crippen molar-refractivity contribution in [3.63, 3.8) is 0 Å². The number of nitrogens with one attached hydrogen (secondary N) is 2. The molecular formula is C12H15BrN2O. The van der Waals surface area contributed by atoms with Crippen LogP contribution in [-0.2, 0) is 4.79 Å². The first-order chi connectivity index (χ1) is 7.66. The van der Waals surface area contributed by atoms with E-state index in [2.05, 4.69) is 26.6 Å². The number of anilines is 1. The lowest BCUT2D eigenvalue weighted by molar-refractivity contribution is -0.117. The number of aryl methyl sites for hydroxylation is 1. The molecule has 0 aliphatic carbocycles. The number of rotatable bonds is 2. The van der Waals surface area contributed by atoms with Crippen LogP contribution in [0, 0.1) is 6.92 Å². The predicted octanol–water partition coefficient (Wildman–Crippen LogP) is 2.45. The molecule has 1 heterocycles. The molecule has 1 amide bonds. The fourth-order valence-corrected chi connectivity index (χ4v) is 2.44. The molecule has 0 spiro atoms. The molecule has 1 saturated heterocycles. The molecule has 3 nitrogen and oxygen atoms in total. The first-order valence-electron chi connectivity index (χ1n) is 5.47. The number of benzene rings is 1. The molecule has 0 bridgehead atoms. The normalized spacial score (nSPS) is 19.8. The van der Waals surface area contributed by atoms with Gasteiger partial charge in [0.2, 0.25) is 5.91 Å². The summed E-state index contributed by atoms with van der Waals surface area (Å²) in [7, 11) is 0. The monoisotopic (exact) mass is 282 g/mol. The number of halogens is 1. The molecule has 1 aromatic rings. The van der Waals surface area contributed by atoms with Crippen molar-refractivity contribution in [3.05, 3.63) is 28.2 Å². The molecule has 4 heteroatoms. The van der Waals surface area contributed by atoms with Gasteiger partial charge >= 0.3 is 0 Å². The summed E-state index contributed by atoms with van der Waals surface area (Å²) in [5, 5.41) is 6.11. The second kappa shape index (κ2) is 4.97. The first kappa shape index (κ1) is 11.6. The molecule has 0 unspecified atom stereocenters. The van der Waals surface area contributed by atoms with Crippen LogP contribution < -0.4 is 10.6 Å². The van der Waals surface area contributed by atoms with E-state index in [1.54, 1.807) is 0 Å². The van der Waals surface area contributed by atoms with Crippen molar-refractivity contribution >= 4 is 27.5 Å². The summed E-state index contributed by atoms with van der Waals surface area (Å²) >= 11 is 3.45. The molecule has 0 radical (unpaired) electrons. The molecule has 1 fully saturated rings. The maximum absolute atomic E-state index is 11.9. The molecule has 1 aromatic carbocycles. The minimum atomic E-state index is -0.0341. The Hall–Kier alpha value is -0.870. The second-order valence-corrected chi connectivity index (χ2v) is 4.98. The molecule has 1 atom stereocenters. The Morgan fingerprint density at radius 3 is 3.00 bits per heavy atom. The number of carbonyl (C=O) groups is 1. The maximum Gasteiger partial charge on any atom is 0.241 e. The van der Waals surface area contributed by atoms with E-state index in [-0.39, 0.29) is 11.9 Å². The summed E-state index contributed by atoms with van der Waals surface area (Å²) in [6, 6.07) is 5.88. The lowest BCUT2D eigenvalue weighted by Gasteiger charge is -2.12. The van der Waals surface area contributed by atoms with Crippen molar-refractivity contribution in [1.82, 2.24) is 5.32 Å². The lowest BCUT2D eigenvalue weighted by atomic mass is 10.2.